The molecule has 1 saturated heterocycles. The van der Waals surface area contributed by atoms with E-state index in [-0.39, 0.29) is 29.1 Å². The first-order valence-corrected chi connectivity index (χ1v) is 9.20. The maximum Gasteiger partial charge on any atom is 0.302 e. The first-order chi connectivity index (χ1) is 10.4. The molecule has 1 aliphatic heterocycles. The Morgan fingerprint density at radius 3 is 2.68 bits per heavy atom. The van der Waals surface area contributed by atoms with E-state index >= 15 is 0 Å². The minimum absolute atomic E-state index is 0.0297. The van der Waals surface area contributed by atoms with Crippen LogP contribution in [0.3, 0.4) is 0 Å². The third-order valence-electron chi connectivity index (χ3n) is 3.56. The summed E-state index contributed by atoms with van der Waals surface area (Å²) in [6, 6.07) is 0. The van der Waals surface area contributed by atoms with Gasteiger partial charge >= 0.3 is 5.97 Å². The molecule has 1 heterocycles. The van der Waals surface area contributed by atoms with E-state index in [9.17, 15) is 9.59 Å². The Morgan fingerprint density at radius 2 is 2.14 bits per heavy atom. The number of nitrogens with zero attached hydrogens (tertiary/aromatic N) is 1. The average molecular weight is 347 g/mol. The van der Waals surface area contributed by atoms with Crippen LogP contribution in [0.4, 0.5) is 0 Å². The fourth-order valence-corrected chi connectivity index (χ4v) is 4.27. The van der Waals surface area contributed by atoms with Crippen LogP contribution < -0.4 is 5.32 Å². The van der Waals surface area contributed by atoms with Crippen LogP contribution in [0.1, 0.15) is 40.5 Å². The molecule has 0 bridgehead atoms. The van der Waals surface area contributed by atoms with Crippen molar-refractivity contribution in [2.24, 2.45) is 11.8 Å². The molecule has 2 atom stereocenters. The molecule has 0 spiro atoms. The van der Waals surface area contributed by atoms with Crippen molar-refractivity contribution in [1.29, 1.82) is 0 Å². The maximum absolute atomic E-state index is 12.2. The zero-order valence-corrected chi connectivity index (χ0v) is 15.4. The van der Waals surface area contributed by atoms with E-state index in [2.05, 4.69) is 31.0 Å². The highest BCUT2D eigenvalue weighted by Gasteiger charge is 2.40. The number of amides is 1. The van der Waals surface area contributed by atoms with Crippen molar-refractivity contribution in [3.05, 3.63) is 0 Å². The van der Waals surface area contributed by atoms with E-state index in [1.807, 2.05) is 0 Å². The molecule has 2 unspecified atom stereocenters. The Morgan fingerprint density at radius 1 is 1.45 bits per heavy atom. The molecule has 1 amide bonds. The number of esters is 1. The lowest BCUT2D eigenvalue weighted by atomic mass is 9.92. The van der Waals surface area contributed by atoms with Gasteiger partial charge in [0.05, 0.1) is 17.9 Å². The van der Waals surface area contributed by atoms with Gasteiger partial charge in [-0.15, -0.1) is 11.8 Å². The summed E-state index contributed by atoms with van der Waals surface area (Å²) in [4.78, 5) is 25.1. The van der Waals surface area contributed by atoms with Gasteiger partial charge in [-0.25, -0.2) is 0 Å². The van der Waals surface area contributed by atoms with Crippen molar-refractivity contribution in [2.75, 3.05) is 18.9 Å². The van der Waals surface area contributed by atoms with E-state index in [1.165, 1.54) is 6.92 Å². The van der Waals surface area contributed by atoms with Crippen molar-refractivity contribution in [3.8, 4) is 0 Å². The van der Waals surface area contributed by atoms with E-state index in [0.29, 0.717) is 11.7 Å². The number of thiocarbonyl (C=S) groups is 1. The fourth-order valence-electron chi connectivity index (χ4n) is 2.52. The lowest BCUT2D eigenvalue weighted by molar-refractivity contribution is -0.141. The topological polar surface area (TPSA) is 58.6 Å². The molecule has 0 radical (unpaired) electrons. The van der Waals surface area contributed by atoms with Gasteiger partial charge in [-0.05, 0) is 36.7 Å². The highest BCUT2D eigenvalue weighted by molar-refractivity contribution is 7.99. The number of hydrogen-bond donors (Lipinski definition) is 1. The Labute approximate surface area is 142 Å². The predicted octanol–water partition coefficient (Wildman–Crippen LogP) is 2.40. The second-order valence-electron chi connectivity index (χ2n) is 5.65. The molecule has 0 saturated carbocycles. The van der Waals surface area contributed by atoms with Crippen LogP contribution in [0.2, 0.25) is 0 Å². The van der Waals surface area contributed by atoms with E-state index < -0.39 is 0 Å². The normalized spacial score (nSPS) is 22.0. The second-order valence-corrected chi connectivity index (χ2v) is 7.43. The highest BCUT2D eigenvalue weighted by atomic mass is 32.2. The summed E-state index contributed by atoms with van der Waals surface area (Å²) in [5.74, 6) is 0.913. The van der Waals surface area contributed by atoms with E-state index in [1.54, 1.807) is 11.8 Å². The van der Waals surface area contributed by atoms with Crippen LogP contribution in [0.25, 0.3) is 0 Å². The van der Waals surface area contributed by atoms with Crippen LogP contribution in [0.5, 0.6) is 0 Å². The standard InChI is InChI=1S/C15H26N2O3S2/c1-5-22-14-12(10(2)3)13(19)16-15(21)17(14)8-6-7-9-20-11(4)18/h10,12,14H,5-9H2,1-4H3,(H,16,19,21). The third kappa shape index (κ3) is 5.43. The molecule has 22 heavy (non-hydrogen) atoms. The van der Waals surface area contributed by atoms with Gasteiger partial charge in [0.2, 0.25) is 5.91 Å². The predicted molar refractivity (Wildman–Crippen MR) is 93.6 cm³/mol. The summed E-state index contributed by atoms with van der Waals surface area (Å²) in [7, 11) is 0. The number of hydrogen-bond acceptors (Lipinski definition) is 5. The monoisotopic (exact) mass is 346 g/mol. The van der Waals surface area contributed by atoms with Crippen molar-refractivity contribution in [3.63, 3.8) is 0 Å². The molecule has 0 aromatic rings. The number of nitrogens with one attached hydrogen (secondary N) is 1. The van der Waals surface area contributed by atoms with Crippen molar-refractivity contribution >= 4 is 41.0 Å². The zero-order valence-electron chi connectivity index (χ0n) is 13.8. The van der Waals surface area contributed by atoms with Gasteiger partial charge in [0.1, 0.15) is 0 Å². The van der Waals surface area contributed by atoms with E-state index in [0.717, 1.165) is 25.1 Å². The fraction of sp³-hybridized carbons (Fsp3) is 0.800. The first-order valence-electron chi connectivity index (χ1n) is 7.74. The van der Waals surface area contributed by atoms with Crippen molar-refractivity contribution in [1.82, 2.24) is 10.2 Å². The Kier molecular flexibility index (Phi) is 8.17. The average Bonchev–Trinajstić information content (AvgIpc) is 2.40. The number of carbonyl (C=O) groups excluding carboxylic acids is 2. The summed E-state index contributed by atoms with van der Waals surface area (Å²) >= 11 is 7.11. The molecular weight excluding hydrogens is 320 g/mol. The lowest BCUT2D eigenvalue weighted by Gasteiger charge is -2.43. The minimum atomic E-state index is -0.250. The number of ether oxygens (including phenoxy) is 1. The molecule has 5 nitrogen and oxygen atoms in total. The van der Waals surface area contributed by atoms with Gasteiger partial charge in [0.15, 0.2) is 5.11 Å². The Balaban J connectivity index is 2.65. The summed E-state index contributed by atoms with van der Waals surface area (Å²) in [5.41, 5.74) is 0. The van der Waals surface area contributed by atoms with Crippen LogP contribution in [-0.4, -0.2) is 46.2 Å². The second kappa shape index (κ2) is 9.35. The molecule has 1 N–H and O–H groups in total. The number of rotatable bonds is 8. The van der Waals surface area contributed by atoms with Crippen LogP contribution in [0, 0.1) is 11.8 Å². The number of thioether (sulfide) groups is 1. The third-order valence-corrected chi connectivity index (χ3v) is 5.12. The van der Waals surface area contributed by atoms with Crippen LogP contribution in [0.15, 0.2) is 0 Å². The summed E-state index contributed by atoms with van der Waals surface area (Å²) in [5, 5.41) is 3.43. The van der Waals surface area contributed by atoms with Crippen molar-refractivity contribution < 1.29 is 14.3 Å². The smallest absolute Gasteiger partial charge is 0.302 e. The summed E-state index contributed by atoms with van der Waals surface area (Å²) in [6.07, 6.45) is 1.66. The lowest BCUT2D eigenvalue weighted by Crippen LogP contribution is -2.60. The van der Waals surface area contributed by atoms with Gasteiger partial charge in [0.25, 0.3) is 0 Å². The molecule has 126 valence electrons. The molecule has 0 aromatic heterocycles. The first kappa shape index (κ1) is 19.2. The molecule has 1 rings (SSSR count). The van der Waals surface area contributed by atoms with Gasteiger partial charge < -0.3 is 15.0 Å². The van der Waals surface area contributed by atoms with Crippen molar-refractivity contribution in [2.45, 2.75) is 45.9 Å². The molecular formula is C15H26N2O3S2. The Bertz CT molecular complexity index is 416. The number of carbonyl (C=O) groups is 2. The number of unbranched alkanes of at least 4 members (excludes halogenated alkanes) is 1. The van der Waals surface area contributed by atoms with Gasteiger partial charge in [-0.1, -0.05) is 20.8 Å². The molecule has 1 aliphatic rings. The molecule has 7 heteroatoms. The quantitative estimate of drug-likeness (QED) is 0.414. The maximum atomic E-state index is 12.2. The van der Waals surface area contributed by atoms with E-state index in [4.69, 9.17) is 17.0 Å². The zero-order chi connectivity index (χ0) is 16.7. The van der Waals surface area contributed by atoms with Gasteiger partial charge in [-0.2, -0.15) is 0 Å². The van der Waals surface area contributed by atoms with Crippen LogP contribution in [-0.2, 0) is 14.3 Å². The van der Waals surface area contributed by atoms with Gasteiger partial charge in [0, 0.05) is 13.5 Å². The molecule has 0 aromatic carbocycles. The van der Waals surface area contributed by atoms with Crippen LogP contribution >= 0.6 is 24.0 Å². The SMILES string of the molecule is CCSC1C(C(C)C)C(=O)NC(=S)N1CCCCOC(C)=O. The summed E-state index contributed by atoms with van der Waals surface area (Å²) < 4.78 is 4.94. The Hall–Kier alpha value is -0.820. The molecule has 0 aliphatic carbocycles. The summed E-state index contributed by atoms with van der Waals surface area (Å²) in [6.45, 7) is 8.84. The highest BCUT2D eigenvalue weighted by Crippen LogP contribution is 2.32. The minimum Gasteiger partial charge on any atom is -0.466 e. The molecule has 1 fully saturated rings. The van der Waals surface area contributed by atoms with Gasteiger partial charge in [-0.3, -0.25) is 9.59 Å². The largest absolute Gasteiger partial charge is 0.466 e.